The maximum absolute atomic E-state index is 5.81. The summed E-state index contributed by atoms with van der Waals surface area (Å²) < 4.78 is 5.26. The highest BCUT2D eigenvalue weighted by Gasteiger charge is 2.42. The number of hydrogen-bond donors (Lipinski definition) is 1. The quantitative estimate of drug-likeness (QED) is 0.891. The van der Waals surface area contributed by atoms with Crippen molar-refractivity contribution >= 4 is 11.3 Å². The Kier molecular flexibility index (Phi) is 2.66. The van der Waals surface area contributed by atoms with Crippen molar-refractivity contribution in [3.63, 3.8) is 0 Å². The molecular weight excluding hydrogens is 234 g/mol. The summed E-state index contributed by atoms with van der Waals surface area (Å²) in [6, 6.07) is 6.01. The van der Waals surface area contributed by atoms with E-state index in [9.17, 15) is 0 Å². The summed E-state index contributed by atoms with van der Waals surface area (Å²) in [7, 11) is 0. The molecule has 88 valence electrons. The average Bonchev–Trinajstić information content (AvgIpc) is 2.82. The fourth-order valence-electron chi connectivity index (χ4n) is 1.86. The highest BCUT2D eigenvalue weighted by Crippen LogP contribution is 2.30. The van der Waals surface area contributed by atoms with Crippen LogP contribution in [0.4, 0.5) is 0 Å². The van der Waals surface area contributed by atoms with Crippen LogP contribution in [0.3, 0.4) is 0 Å². The Hall–Kier alpha value is -1.30. The second-order valence-electron chi connectivity index (χ2n) is 4.22. The zero-order valence-corrected chi connectivity index (χ0v) is 10.1. The third kappa shape index (κ3) is 1.76. The molecule has 0 radical (unpaired) electrons. The van der Waals surface area contributed by atoms with E-state index >= 15 is 0 Å². The van der Waals surface area contributed by atoms with Crippen molar-refractivity contribution in [3.05, 3.63) is 35.6 Å². The average molecular weight is 247 g/mol. The molecule has 0 saturated carbocycles. The molecule has 5 heteroatoms. The Balaban J connectivity index is 1.99. The van der Waals surface area contributed by atoms with Gasteiger partial charge in [0.15, 0.2) is 0 Å². The Morgan fingerprint density at radius 2 is 2.29 bits per heavy atom. The van der Waals surface area contributed by atoms with E-state index in [0.29, 0.717) is 19.8 Å². The lowest BCUT2D eigenvalue weighted by molar-refractivity contribution is -0.0593. The smallest absolute Gasteiger partial charge is 0.141 e. The van der Waals surface area contributed by atoms with Crippen LogP contribution in [0.1, 0.15) is 5.82 Å². The summed E-state index contributed by atoms with van der Waals surface area (Å²) in [4.78, 5) is 10.1. The Bertz CT molecular complexity index is 503. The lowest BCUT2D eigenvalue weighted by Gasteiger charge is -2.38. The van der Waals surface area contributed by atoms with Gasteiger partial charge in [-0.05, 0) is 17.5 Å². The largest absolute Gasteiger partial charge is 0.379 e. The van der Waals surface area contributed by atoms with E-state index in [2.05, 4.69) is 16.0 Å². The Morgan fingerprint density at radius 3 is 2.88 bits per heavy atom. The summed E-state index contributed by atoms with van der Waals surface area (Å²) in [5, 5.41) is 2.04. The molecule has 0 amide bonds. The van der Waals surface area contributed by atoms with Crippen molar-refractivity contribution in [1.82, 2.24) is 9.97 Å². The molecule has 0 spiro atoms. The SMILES string of the molecule is NCC1(c2nccc(-c3cccs3)n2)COC1. The minimum absolute atomic E-state index is 0.173. The normalized spacial score (nSPS) is 17.7. The van der Waals surface area contributed by atoms with Crippen LogP contribution in [0.25, 0.3) is 10.6 Å². The second kappa shape index (κ2) is 4.18. The van der Waals surface area contributed by atoms with Crippen LogP contribution in [0.2, 0.25) is 0 Å². The number of hydrogen-bond acceptors (Lipinski definition) is 5. The standard InChI is InChI=1S/C12H13N3OS/c13-6-12(7-16-8-12)11-14-4-3-9(15-11)10-2-1-5-17-10/h1-5H,6-8,13H2. The predicted octanol–water partition coefficient (Wildman–Crippen LogP) is 1.43. The fourth-order valence-corrected chi connectivity index (χ4v) is 2.56. The molecule has 0 atom stereocenters. The van der Waals surface area contributed by atoms with Gasteiger partial charge < -0.3 is 10.5 Å². The third-order valence-electron chi connectivity index (χ3n) is 3.05. The first-order valence-corrected chi connectivity index (χ1v) is 6.37. The minimum Gasteiger partial charge on any atom is -0.379 e. The summed E-state index contributed by atoms with van der Waals surface area (Å²) in [5.74, 6) is 0.803. The molecule has 3 heterocycles. The van der Waals surface area contributed by atoms with E-state index in [1.807, 2.05) is 17.5 Å². The van der Waals surface area contributed by atoms with Gasteiger partial charge in [0.25, 0.3) is 0 Å². The number of thiophene rings is 1. The molecular formula is C12H13N3OS. The number of aromatic nitrogens is 2. The highest BCUT2D eigenvalue weighted by molar-refractivity contribution is 7.13. The van der Waals surface area contributed by atoms with Gasteiger partial charge in [0.1, 0.15) is 5.82 Å². The molecule has 0 unspecified atom stereocenters. The third-order valence-corrected chi connectivity index (χ3v) is 3.94. The van der Waals surface area contributed by atoms with Gasteiger partial charge >= 0.3 is 0 Å². The summed E-state index contributed by atoms with van der Waals surface area (Å²) in [6.45, 7) is 1.77. The topological polar surface area (TPSA) is 61.0 Å². The van der Waals surface area contributed by atoms with E-state index in [1.165, 1.54) is 0 Å². The number of nitrogens with zero attached hydrogens (tertiary/aromatic N) is 2. The van der Waals surface area contributed by atoms with Crippen LogP contribution in [-0.2, 0) is 10.2 Å². The summed E-state index contributed by atoms with van der Waals surface area (Å²) in [5.41, 5.74) is 6.60. The first-order chi connectivity index (χ1) is 8.34. The van der Waals surface area contributed by atoms with Gasteiger partial charge in [0, 0.05) is 12.7 Å². The predicted molar refractivity (Wildman–Crippen MR) is 66.9 cm³/mol. The lowest BCUT2D eigenvalue weighted by Crippen LogP contribution is -2.53. The molecule has 2 aromatic heterocycles. The molecule has 0 aromatic carbocycles. The van der Waals surface area contributed by atoms with Crippen LogP contribution in [-0.4, -0.2) is 29.7 Å². The second-order valence-corrected chi connectivity index (χ2v) is 5.17. The summed E-state index contributed by atoms with van der Waals surface area (Å²) >= 11 is 1.68. The van der Waals surface area contributed by atoms with Crippen LogP contribution in [0, 0.1) is 0 Å². The van der Waals surface area contributed by atoms with Crippen molar-refractivity contribution in [1.29, 1.82) is 0 Å². The van der Waals surface area contributed by atoms with Gasteiger partial charge in [0.05, 0.1) is 29.2 Å². The Morgan fingerprint density at radius 1 is 1.41 bits per heavy atom. The van der Waals surface area contributed by atoms with Crippen LogP contribution in [0.15, 0.2) is 29.8 Å². The molecule has 17 heavy (non-hydrogen) atoms. The van der Waals surface area contributed by atoms with E-state index in [4.69, 9.17) is 10.5 Å². The van der Waals surface area contributed by atoms with Crippen molar-refractivity contribution in [2.24, 2.45) is 5.73 Å². The Labute approximate surface area is 103 Å². The van der Waals surface area contributed by atoms with Crippen molar-refractivity contribution in [2.45, 2.75) is 5.41 Å². The fraction of sp³-hybridized carbons (Fsp3) is 0.333. The molecule has 4 nitrogen and oxygen atoms in total. The number of ether oxygens (including phenoxy) is 1. The van der Waals surface area contributed by atoms with E-state index in [1.54, 1.807) is 17.5 Å². The van der Waals surface area contributed by atoms with Crippen molar-refractivity contribution < 1.29 is 4.74 Å². The number of rotatable bonds is 3. The molecule has 1 fully saturated rings. The molecule has 1 aliphatic rings. The van der Waals surface area contributed by atoms with Gasteiger partial charge in [-0.2, -0.15) is 0 Å². The zero-order chi connectivity index (χ0) is 11.7. The maximum atomic E-state index is 5.81. The monoisotopic (exact) mass is 247 g/mol. The van der Waals surface area contributed by atoms with E-state index in [-0.39, 0.29) is 5.41 Å². The number of nitrogens with two attached hydrogens (primary N) is 1. The van der Waals surface area contributed by atoms with Gasteiger partial charge in [-0.3, -0.25) is 0 Å². The molecule has 1 saturated heterocycles. The first-order valence-electron chi connectivity index (χ1n) is 5.49. The van der Waals surface area contributed by atoms with Crippen molar-refractivity contribution in [2.75, 3.05) is 19.8 Å². The van der Waals surface area contributed by atoms with E-state index < -0.39 is 0 Å². The van der Waals surface area contributed by atoms with Crippen LogP contribution in [0.5, 0.6) is 0 Å². The molecule has 3 rings (SSSR count). The molecule has 2 aromatic rings. The molecule has 0 bridgehead atoms. The van der Waals surface area contributed by atoms with Crippen molar-refractivity contribution in [3.8, 4) is 10.6 Å². The maximum Gasteiger partial charge on any atom is 0.141 e. The van der Waals surface area contributed by atoms with Gasteiger partial charge in [-0.1, -0.05) is 6.07 Å². The minimum atomic E-state index is -0.173. The summed E-state index contributed by atoms with van der Waals surface area (Å²) in [6.07, 6.45) is 1.80. The molecule has 1 aliphatic heterocycles. The van der Waals surface area contributed by atoms with Crippen LogP contribution < -0.4 is 5.73 Å². The van der Waals surface area contributed by atoms with Gasteiger partial charge in [0.2, 0.25) is 0 Å². The highest BCUT2D eigenvalue weighted by atomic mass is 32.1. The van der Waals surface area contributed by atoms with Gasteiger partial charge in [-0.15, -0.1) is 11.3 Å². The molecule has 2 N–H and O–H groups in total. The van der Waals surface area contributed by atoms with E-state index in [0.717, 1.165) is 16.4 Å². The lowest BCUT2D eigenvalue weighted by atomic mass is 9.85. The van der Waals surface area contributed by atoms with Gasteiger partial charge in [-0.25, -0.2) is 9.97 Å². The molecule has 0 aliphatic carbocycles. The first kappa shape index (κ1) is 10.8. The zero-order valence-electron chi connectivity index (χ0n) is 9.30. The van der Waals surface area contributed by atoms with Crippen LogP contribution >= 0.6 is 11.3 Å².